The zero-order valence-corrected chi connectivity index (χ0v) is 18.2. The van der Waals surface area contributed by atoms with E-state index in [1.807, 2.05) is 48.9 Å². The first-order valence-electron chi connectivity index (χ1n) is 9.70. The molecule has 0 saturated carbocycles. The van der Waals surface area contributed by atoms with Gasteiger partial charge in [-0.25, -0.2) is 8.42 Å². The Morgan fingerprint density at radius 2 is 1.87 bits per heavy atom. The van der Waals surface area contributed by atoms with Gasteiger partial charge in [0, 0.05) is 23.4 Å². The molecule has 0 aliphatic heterocycles. The van der Waals surface area contributed by atoms with Gasteiger partial charge in [-0.15, -0.1) is 6.42 Å². The van der Waals surface area contributed by atoms with Crippen molar-refractivity contribution < 1.29 is 13.2 Å². The van der Waals surface area contributed by atoms with Gasteiger partial charge in [0.15, 0.2) is 0 Å². The van der Waals surface area contributed by atoms with Crippen LogP contribution in [0.5, 0.6) is 0 Å². The number of hydrogen-bond donors (Lipinski definition) is 2. The van der Waals surface area contributed by atoms with Crippen LogP contribution in [-0.2, 0) is 23.1 Å². The van der Waals surface area contributed by atoms with Crippen molar-refractivity contribution in [3.63, 3.8) is 0 Å². The largest absolute Gasteiger partial charge is 0.348 e. The average molecular weight is 437 g/mol. The van der Waals surface area contributed by atoms with Gasteiger partial charge in [-0.3, -0.25) is 9.48 Å². The fourth-order valence-electron chi connectivity index (χ4n) is 3.20. The van der Waals surface area contributed by atoms with Gasteiger partial charge in [-0.05, 0) is 37.6 Å². The third-order valence-corrected chi connectivity index (χ3v) is 6.30. The van der Waals surface area contributed by atoms with Crippen LogP contribution in [0.4, 0.5) is 0 Å². The second-order valence-electron chi connectivity index (χ2n) is 7.03. The van der Waals surface area contributed by atoms with Gasteiger partial charge in [0.2, 0.25) is 10.0 Å². The number of amides is 1. The number of carbonyl (C=O) groups is 1. The van der Waals surface area contributed by atoms with E-state index in [2.05, 4.69) is 21.1 Å². The second-order valence-corrected chi connectivity index (χ2v) is 8.80. The highest BCUT2D eigenvalue weighted by molar-refractivity contribution is 7.89. The molecule has 0 atom stereocenters. The standard InChI is InChI=1S/C23H24N4O3S/c1-4-13-25-31(29,30)21-12-8-11-20(14-21)23(28)24-15-22-17(2)26-27(18(22)3)16-19-9-6-5-7-10-19/h1,5-12,14,25H,13,15-16H2,2-3H3,(H,24,28). The Balaban J connectivity index is 1.72. The van der Waals surface area contributed by atoms with E-state index >= 15 is 0 Å². The number of rotatable bonds is 8. The maximum Gasteiger partial charge on any atom is 0.251 e. The van der Waals surface area contributed by atoms with E-state index in [-0.39, 0.29) is 29.5 Å². The topological polar surface area (TPSA) is 93.1 Å². The summed E-state index contributed by atoms with van der Waals surface area (Å²) in [6, 6.07) is 15.8. The van der Waals surface area contributed by atoms with Crippen LogP contribution in [0.2, 0.25) is 0 Å². The molecule has 0 aliphatic carbocycles. The minimum Gasteiger partial charge on any atom is -0.348 e. The Bertz CT molecular complexity index is 1230. The first-order chi connectivity index (χ1) is 14.8. The molecule has 0 fully saturated rings. The van der Waals surface area contributed by atoms with Crippen molar-refractivity contribution in [1.29, 1.82) is 0 Å². The smallest absolute Gasteiger partial charge is 0.251 e. The fourth-order valence-corrected chi connectivity index (χ4v) is 4.18. The van der Waals surface area contributed by atoms with Crippen LogP contribution in [0.3, 0.4) is 0 Å². The van der Waals surface area contributed by atoms with Crippen LogP contribution in [-0.4, -0.2) is 30.7 Å². The maximum atomic E-state index is 12.6. The Morgan fingerprint density at radius 1 is 1.13 bits per heavy atom. The number of terminal acetylenes is 1. The first-order valence-corrected chi connectivity index (χ1v) is 11.2. The molecule has 8 heteroatoms. The summed E-state index contributed by atoms with van der Waals surface area (Å²) >= 11 is 0. The molecule has 31 heavy (non-hydrogen) atoms. The van der Waals surface area contributed by atoms with Crippen LogP contribution in [0, 0.1) is 26.2 Å². The van der Waals surface area contributed by atoms with Crippen molar-refractivity contribution in [2.75, 3.05) is 6.54 Å². The molecule has 1 amide bonds. The maximum absolute atomic E-state index is 12.6. The van der Waals surface area contributed by atoms with E-state index in [0.717, 1.165) is 22.5 Å². The van der Waals surface area contributed by atoms with E-state index in [1.165, 1.54) is 18.2 Å². The van der Waals surface area contributed by atoms with Gasteiger partial charge in [-0.1, -0.05) is 42.3 Å². The average Bonchev–Trinajstić information content (AvgIpc) is 3.03. The van der Waals surface area contributed by atoms with Gasteiger partial charge in [0.1, 0.15) is 0 Å². The highest BCUT2D eigenvalue weighted by Crippen LogP contribution is 2.16. The Hall–Kier alpha value is -3.41. The van der Waals surface area contributed by atoms with Crippen molar-refractivity contribution in [2.45, 2.75) is 31.8 Å². The molecular weight excluding hydrogens is 412 g/mol. The SMILES string of the molecule is C#CCNS(=O)(=O)c1cccc(C(=O)NCc2c(C)nn(Cc3ccccc3)c2C)c1. The molecule has 160 valence electrons. The minimum absolute atomic E-state index is 0.0153. The molecule has 0 saturated heterocycles. The summed E-state index contributed by atoms with van der Waals surface area (Å²) in [5.41, 5.74) is 4.12. The summed E-state index contributed by atoms with van der Waals surface area (Å²) in [6.07, 6.45) is 5.11. The van der Waals surface area contributed by atoms with Gasteiger partial charge < -0.3 is 5.32 Å². The van der Waals surface area contributed by atoms with Crippen molar-refractivity contribution in [2.24, 2.45) is 0 Å². The second kappa shape index (κ2) is 9.60. The zero-order valence-electron chi connectivity index (χ0n) is 17.4. The van der Waals surface area contributed by atoms with Gasteiger partial charge in [0.05, 0.1) is 23.7 Å². The summed E-state index contributed by atoms with van der Waals surface area (Å²) in [4.78, 5) is 12.6. The molecule has 0 unspecified atom stereocenters. The van der Waals surface area contributed by atoms with Gasteiger partial charge in [-0.2, -0.15) is 9.82 Å². The molecule has 0 aliphatic rings. The number of carbonyl (C=O) groups excluding carboxylic acids is 1. The lowest BCUT2D eigenvalue weighted by Crippen LogP contribution is -2.26. The number of hydrogen-bond acceptors (Lipinski definition) is 4. The van der Waals surface area contributed by atoms with E-state index in [9.17, 15) is 13.2 Å². The quantitative estimate of drug-likeness (QED) is 0.530. The molecule has 3 rings (SSSR count). The summed E-state index contributed by atoms with van der Waals surface area (Å²) in [5.74, 6) is 1.85. The zero-order chi connectivity index (χ0) is 22.4. The van der Waals surface area contributed by atoms with E-state index in [0.29, 0.717) is 6.54 Å². The number of nitrogens with one attached hydrogen (secondary N) is 2. The van der Waals surface area contributed by atoms with Crippen molar-refractivity contribution in [1.82, 2.24) is 19.8 Å². The lowest BCUT2D eigenvalue weighted by Gasteiger charge is -2.09. The Kier molecular flexibility index (Phi) is 6.90. The van der Waals surface area contributed by atoms with E-state index < -0.39 is 10.0 Å². The third-order valence-electron chi connectivity index (χ3n) is 4.90. The lowest BCUT2D eigenvalue weighted by atomic mass is 10.1. The van der Waals surface area contributed by atoms with Crippen molar-refractivity contribution in [3.05, 3.63) is 82.7 Å². The third kappa shape index (κ3) is 5.40. The number of nitrogens with zero attached hydrogens (tertiary/aromatic N) is 2. The molecule has 3 aromatic rings. The van der Waals surface area contributed by atoms with Crippen molar-refractivity contribution >= 4 is 15.9 Å². The van der Waals surface area contributed by atoms with E-state index in [1.54, 1.807) is 6.07 Å². The lowest BCUT2D eigenvalue weighted by molar-refractivity contribution is 0.0950. The molecule has 2 N–H and O–H groups in total. The van der Waals surface area contributed by atoms with Gasteiger partial charge >= 0.3 is 0 Å². The molecule has 2 aromatic carbocycles. The number of sulfonamides is 1. The summed E-state index contributed by atoms with van der Waals surface area (Å²) in [5, 5.41) is 7.45. The molecule has 0 radical (unpaired) electrons. The normalized spacial score (nSPS) is 11.1. The fraction of sp³-hybridized carbons (Fsp3) is 0.217. The van der Waals surface area contributed by atoms with E-state index in [4.69, 9.17) is 6.42 Å². The Morgan fingerprint density at radius 3 is 2.58 bits per heavy atom. The predicted molar refractivity (Wildman–Crippen MR) is 119 cm³/mol. The molecule has 1 heterocycles. The minimum atomic E-state index is -3.77. The number of aromatic nitrogens is 2. The molecular formula is C23H24N4O3S. The first kappa shape index (κ1) is 22.3. The molecule has 0 bridgehead atoms. The highest BCUT2D eigenvalue weighted by Gasteiger charge is 2.17. The molecule has 1 aromatic heterocycles. The van der Waals surface area contributed by atoms with Gasteiger partial charge in [0.25, 0.3) is 5.91 Å². The molecule has 0 spiro atoms. The summed E-state index contributed by atoms with van der Waals surface area (Å²) < 4.78 is 28.7. The Labute approximate surface area is 182 Å². The van der Waals surface area contributed by atoms with Crippen molar-refractivity contribution in [3.8, 4) is 12.3 Å². The van der Waals surface area contributed by atoms with Crippen LogP contribution in [0.15, 0.2) is 59.5 Å². The highest BCUT2D eigenvalue weighted by atomic mass is 32.2. The van der Waals surface area contributed by atoms with Crippen LogP contribution < -0.4 is 10.0 Å². The number of aryl methyl sites for hydroxylation is 1. The van der Waals surface area contributed by atoms with Crippen LogP contribution >= 0.6 is 0 Å². The van der Waals surface area contributed by atoms with Crippen LogP contribution in [0.25, 0.3) is 0 Å². The predicted octanol–water partition coefficient (Wildman–Crippen LogP) is 2.39. The summed E-state index contributed by atoms with van der Waals surface area (Å²) in [7, 11) is -3.77. The monoisotopic (exact) mass is 436 g/mol. The van der Waals surface area contributed by atoms with Crippen LogP contribution in [0.1, 0.15) is 32.9 Å². The number of benzene rings is 2. The summed E-state index contributed by atoms with van der Waals surface area (Å²) in [6.45, 7) is 4.68. The molecule has 7 nitrogen and oxygen atoms in total.